The lowest BCUT2D eigenvalue weighted by atomic mass is 9.94. The summed E-state index contributed by atoms with van der Waals surface area (Å²) in [4.78, 5) is 10.4. The predicted molar refractivity (Wildman–Crippen MR) is 114 cm³/mol. The van der Waals surface area contributed by atoms with Gasteiger partial charge in [-0.2, -0.15) is 0 Å². The van der Waals surface area contributed by atoms with Crippen molar-refractivity contribution >= 4 is 9.84 Å². The van der Waals surface area contributed by atoms with Crippen LogP contribution in [0, 0.1) is 0 Å². The number of benzene rings is 2. The number of piperidine rings is 1. The molecule has 0 spiro atoms. The summed E-state index contributed by atoms with van der Waals surface area (Å²) in [5.74, 6) is 0.681. The molecule has 0 radical (unpaired) electrons. The Hall–Kier alpha value is -2.77. The number of hydrogen-bond donors (Lipinski definition) is 0. The molecule has 4 rings (SSSR count). The second-order valence-electron chi connectivity index (χ2n) is 7.40. The predicted octanol–water partition coefficient (Wildman–Crippen LogP) is 4.05. The molecule has 0 amide bonds. The van der Waals surface area contributed by atoms with E-state index < -0.39 is 9.84 Å². The molecule has 2 heterocycles. The zero-order chi connectivity index (χ0) is 21.0. The van der Waals surface area contributed by atoms with Crippen LogP contribution >= 0.6 is 0 Å². The highest BCUT2D eigenvalue weighted by molar-refractivity contribution is 7.91. The monoisotopic (exact) mass is 423 g/mol. The Morgan fingerprint density at radius 3 is 2.53 bits per heavy atom. The van der Waals surface area contributed by atoms with Crippen LogP contribution in [0.1, 0.15) is 36.4 Å². The maximum atomic E-state index is 13.0. The van der Waals surface area contributed by atoms with Crippen molar-refractivity contribution in [2.75, 3.05) is 13.7 Å². The number of nitrogens with zero attached hydrogens (tertiary/aromatic N) is 3. The van der Waals surface area contributed by atoms with Gasteiger partial charge in [0, 0.05) is 30.5 Å². The van der Waals surface area contributed by atoms with Gasteiger partial charge in [0.15, 0.2) is 0 Å². The number of likely N-dealkylation sites (tertiary alicyclic amines) is 1. The Morgan fingerprint density at radius 1 is 1.03 bits per heavy atom. The molecule has 1 saturated heterocycles. The molecule has 1 atom stereocenters. The standard InChI is InChI=1S/C23H25N3O3S/c1-29-22-12-11-20(30(27,28)23-24-13-7-14-25-23)16-19(22)17-26-15-6-5-10-21(26)18-8-3-2-4-9-18/h2-4,7-9,11-14,16,21H,5-6,10,15,17H2,1H3/t21-/m0/s1. The highest BCUT2D eigenvalue weighted by Crippen LogP contribution is 2.34. The van der Waals surface area contributed by atoms with E-state index in [9.17, 15) is 8.42 Å². The molecule has 30 heavy (non-hydrogen) atoms. The highest BCUT2D eigenvalue weighted by atomic mass is 32.2. The fourth-order valence-electron chi connectivity index (χ4n) is 4.03. The third kappa shape index (κ3) is 4.22. The van der Waals surface area contributed by atoms with Crippen LogP contribution in [-0.4, -0.2) is 36.9 Å². The van der Waals surface area contributed by atoms with E-state index in [2.05, 4.69) is 39.1 Å². The van der Waals surface area contributed by atoms with E-state index in [1.54, 1.807) is 31.4 Å². The molecule has 0 unspecified atom stereocenters. The third-order valence-electron chi connectivity index (χ3n) is 5.52. The SMILES string of the molecule is COc1ccc(S(=O)(=O)c2ncccn2)cc1CN1CCCC[C@H]1c1ccccc1. The fourth-order valence-corrected chi connectivity index (χ4v) is 5.18. The molecule has 1 aromatic heterocycles. The van der Waals surface area contributed by atoms with Crippen molar-refractivity contribution in [3.63, 3.8) is 0 Å². The molecule has 6 nitrogen and oxygen atoms in total. The topological polar surface area (TPSA) is 72.4 Å². The van der Waals surface area contributed by atoms with Crippen LogP contribution in [0.2, 0.25) is 0 Å². The summed E-state index contributed by atoms with van der Waals surface area (Å²) in [5.41, 5.74) is 2.13. The number of methoxy groups -OCH3 is 1. The van der Waals surface area contributed by atoms with Crippen LogP contribution in [0.25, 0.3) is 0 Å². The van der Waals surface area contributed by atoms with Gasteiger partial charge < -0.3 is 4.74 Å². The first-order chi connectivity index (χ1) is 14.6. The number of ether oxygens (including phenoxy) is 1. The summed E-state index contributed by atoms with van der Waals surface area (Å²) < 4.78 is 31.5. The average molecular weight is 424 g/mol. The molecular weight excluding hydrogens is 398 g/mol. The molecule has 1 aliphatic heterocycles. The molecule has 7 heteroatoms. The summed E-state index contributed by atoms with van der Waals surface area (Å²) in [7, 11) is -2.18. The van der Waals surface area contributed by atoms with Crippen molar-refractivity contribution in [3.8, 4) is 5.75 Å². The lowest BCUT2D eigenvalue weighted by Gasteiger charge is -2.36. The van der Waals surface area contributed by atoms with Crippen LogP contribution in [-0.2, 0) is 16.4 Å². The minimum atomic E-state index is -3.79. The summed E-state index contributed by atoms with van der Waals surface area (Å²) in [6.45, 7) is 1.57. The maximum absolute atomic E-state index is 13.0. The Balaban J connectivity index is 1.67. The Kier molecular flexibility index (Phi) is 6.11. The van der Waals surface area contributed by atoms with Crippen LogP contribution < -0.4 is 4.74 Å². The van der Waals surface area contributed by atoms with Gasteiger partial charge in [-0.05, 0) is 49.2 Å². The van der Waals surface area contributed by atoms with Crippen LogP contribution in [0.4, 0.5) is 0 Å². The second-order valence-corrected chi connectivity index (χ2v) is 9.24. The fraction of sp³-hybridized carbons (Fsp3) is 0.304. The molecule has 0 N–H and O–H groups in total. The third-order valence-corrected chi connectivity index (χ3v) is 7.08. The zero-order valence-electron chi connectivity index (χ0n) is 16.9. The van der Waals surface area contributed by atoms with E-state index in [1.807, 2.05) is 6.07 Å². The summed E-state index contributed by atoms with van der Waals surface area (Å²) in [6, 6.07) is 17.3. The molecule has 0 saturated carbocycles. The highest BCUT2D eigenvalue weighted by Gasteiger charge is 2.26. The Morgan fingerprint density at radius 2 is 1.80 bits per heavy atom. The van der Waals surface area contributed by atoms with Gasteiger partial charge in [-0.1, -0.05) is 36.8 Å². The lowest BCUT2D eigenvalue weighted by Crippen LogP contribution is -2.33. The molecular formula is C23H25N3O3S. The number of rotatable bonds is 6. The van der Waals surface area contributed by atoms with Crippen molar-refractivity contribution < 1.29 is 13.2 Å². The smallest absolute Gasteiger partial charge is 0.251 e. The van der Waals surface area contributed by atoms with Crippen molar-refractivity contribution in [2.45, 2.75) is 41.9 Å². The van der Waals surface area contributed by atoms with E-state index in [4.69, 9.17) is 4.74 Å². The first-order valence-electron chi connectivity index (χ1n) is 10.1. The van der Waals surface area contributed by atoms with E-state index in [1.165, 1.54) is 24.4 Å². The summed E-state index contributed by atoms with van der Waals surface area (Å²) in [5, 5.41) is -0.193. The van der Waals surface area contributed by atoms with Crippen LogP contribution in [0.5, 0.6) is 5.75 Å². The Labute approximate surface area is 177 Å². The normalized spacial score (nSPS) is 17.6. The van der Waals surface area contributed by atoms with Gasteiger partial charge in [-0.15, -0.1) is 0 Å². The molecule has 0 aliphatic carbocycles. The van der Waals surface area contributed by atoms with E-state index in [0.29, 0.717) is 18.3 Å². The quantitative estimate of drug-likeness (QED) is 0.557. The van der Waals surface area contributed by atoms with Crippen molar-refractivity contribution in [1.82, 2.24) is 14.9 Å². The maximum Gasteiger partial charge on any atom is 0.251 e. The van der Waals surface area contributed by atoms with Crippen molar-refractivity contribution in [2.24, 2.45) is 0 Å². The largest absolute Gasteiger partial charge is 0.496 e. The first kappa shape index (κ1) is 20.5. The average Bonchev–Trinajstić information content (AvgIpc) is 2.80. The van der Waals surface area contributed by atoms with Gasteiger partial charge in [0.25, 0.3) is 5.16 Å². The van der Waals surface area contributed by atoms with Crippen LogP contribution in [0.15, 0.2) is 77.0 Å². The number of hydrogen-bond acceptors (Lipinski definition) is 6. The van der Waals surface area contributed by atoms with E-state index >= 15 is 0 Å². The Bertz CT molecular complexity index is 1090. The minimum absolute atomic E-state index is 0.178. The van der Waals surface area contributed by atoms with Gasteiger partial charge in [0.05, 0.1) is 12.0 Å². The second kappa shape index (κ2) is 8.93. The van der Waals surface area contributed by atoms with Crippen molar-refractivity contribution in [1.29, 1.82) is 0 Å². The molecule has 3 aromatic rings. The number of aromatic nitrogens is 2. The molecule has 2 aromatic carbocycles. The van der Waals surface area contributed by atoms with Gasteiger partial charge in [-0.3, -0.25) is 4.90 Å². The summed E-state index contributed by atoms with van der Waals surface area (Å²) in [6.07, 6.45) is 6.27. The lowest BCUT2D eigenvalue weighted by molar-refractivity contribution is 0.139. The molecule has 156 valence electrons. The first-order valence-corrected chi connectivity index (χ1v) is 11.6. The zero-order valence-corrected chi connectivity index (χ0v) is 17.8. The van der Waals surface area contributed by atoms with Crippen molar-refractivity contribution in [3.05, 3.63) is 78.1 Å². The van der Waals surface area contributed by atoms with Gasteiger partial charge in [0.1, 0.15) is 5.75 Å². The molecule has 1 fully saturated rings. The van der Waals surface area contributed by atoms with Gasteiger partial charge >= 0.3 is 0 Å². The molecule has 0 bridgehead atoms. The minimum Gasteiger partial charge on any atom is -0.496 e. The van der Waals surface area contributed by atoms with Crippen LogP contribution in [0.3, 0.4) is 0 Å². The summed E-state index contributed by atoms with van der Waals surface area (Å²) >= 11 is 0. The van der Waals surface area contributed by atoms with E-state index in [-0.39, 0.29) is 10.1 Å². The van der Waals surface area contributed by atoms with E-state index in [0.717, 1.165) is 24.9 Å². The molecule has 1 aliphatic rings. The van der Waals surface area contributed by atoms with Gasteiger partial charge in [0.2, 0.25) is 9.84 Å². The number of sulfone groups is 1. The van der Waals surface area contributed by atoms with Gasteiger partial charge in [-0.25, -0.2) is 18.4 Å².